The summed E-state index contributed by atoms with van der Waals surface area (Å²) in [6.45, 7) is 2.27. The summed E-state index contributed by atoms with van der Waals surface area (Å²) in [5.74, 6) is 0. The standard InChI is InChI=1S/C12H21N3O/c1-10-7-14-15(8-10)11-4-3-5-12(6-11,9-16)13-2/h7-8,11,13,16H,3-6,9H2,1-2H3. The molecule has 2 rings (SSSR count). The molecule has 4 heteroatoms. The van der Waals surface area contributed by atoms with Crippen LogP contribution in [0.5, 0.6) is 0 Å². The number of aliphatic hydroxyl groups is 1. The lowest BCUT2D eigenvalue weighted by molar-refractivity contribution is 0.101. The summed E-state index contributed by atoms with van der Waals surface area (Å²) in [7, 11) is 1.94. The molecule has 0 amide bonds. The predicted molar refractivity (Wildman–Crippen MR) is 63.3 cm³/mol. The molecule has 1 fully saturated rings. The summed E-state index contributed by atoms with van der Waals surface area (Å²) in [4.78, 5) is 0. The molecule has 0 spiro atoms. The van der Waals surface area contributed by atoms with E-state index in [0.29, 0.717) is 6.04 Å². The van der Waals surface area contributed by atoms with Crippen LogP contribution in [0.1, 0.15) is 37.3 Å². The lowest BCUT2D eigenvalue weighted by atomic mass is 9.79. The minimum atomic E-state index is -0.108. The number of hydrogen-bond acceptors (Lipinski definition) is 3. The highest BCUT2D eigenvalue weighted by molar-refractivity contribution is 5.02. The molecule has 16 heavy (non-hydrogen) atoms. The van der Waals surface area contributed by atoms with Crippen molar-refractivity contribution in [3.8, 4) is 0 Å². The minimum Gasteiger partial charge on any atom is -0.394 e. The maximum absolute atomic E-state index is 9.52. The van der Waals surface area contributed by atoms with Crippen molar-refractivity contribution in [2.24, 2.45) is 0 Å². The van der Waals surface area contributed by atoms with Gasteiger partial charge < -0.3 is 10.4 Å². The Kier molecular flexibility index (Phi) is 3.30. The predicted octanol–water partition coefficient (Wildman–Crippen LogP) is 1.26. The van der Waals surface area contributed by atoms with Gasteiger partial charge >= 0.3 is 0 Å². The van der Waals surface area contributed by atoms with Crippen molar-refractivity contribution >= 4 is 0 Å². The van der Waals surface area contributed by atoms with Gasteiger partial charge in [0.2, 0.25) is 0 Å². The Bertz CT molecular complexity index is 344. The van der Waals surface area contributed by atoms with Crippen LogP contribution in [0.3, 0.4) is 0 Å². The molecular weight excluding hydrogens is 202 g/mol. The molecule has 4 nitrogen and oxygen atoms in total. The molecule has 0 radical (unpaired) electrons. The first-order valence-electron chi connectivity index (χ1n) is 6.00. The van der Waals surface area contributed by atoms with E-state index in [2.05, 4.69) is 28.2 Å². The zero-order chi connectivity index (χ0) is 11.6. The van der Waals surface area contributed by atoms with Gasteiger partial charge in [0.25, 0.3) is 0 Å². The summed E-state index contributed by atoms with van der Waals surface area (Å²) in [5.41, 5.74) is 1.09. The molecule has 0 bridgehead atoms. The summed E-state index contributed by atoms with van der Waals surface area (Å²) >= 11 is 0. The zero-order valence-electron chi connectivity index (χ0n) is 10.1. The van der Waals surface area contributed by atoms with Gasteiger partial charge in [0.1, 0.15) is 0 Å². The summed E-state index contributed by atoms with van der Waals surface area (Å²) in [5, 5.41) is 17.2. The third-order valence-corrected chi connectivity index (χ3v) is 3.76. The van der Waals surface area contributed by atoms with Crippen molar-refractivity contribution in [3.05, 3.63) is 18.0 Å². The molecule has 0 saturated heterocycles. The molecule has 1 aliphatic carbocycles. The fraction of sp³-hybridized carbons (Fsp3) is 0.750. The van der Waals surface area contributed by atoms with Gasteiger partial charge in [0.05, 0.1) is 18.8 Å². The van der Waals surface area contributed by atoms with E-state index in [9.17, 15) is 5.11 Å². The van der Waals surface area contributed by atoms with E-state index in [1.165, 1.54) is 5.56 Å². The molecule has 1 aliphatic rings. The fourth-order valence-electron chi connectivity index (χ4n) is 2.64. The SMILES string of the molecule is CNC1(CO)CCCC(n2cc(C)cn2)C1. The van der Waals surface area contributed by atoms with Crippen LogP contribution in [-0.2, 0) is 0 Å². The number of likely N-dealkylation sites (N-methyl/N-ethyl adjacent to an activating group) is 1. The maximum atomic E-state index is 9.52. The third kappa shape index (κ3) is 2.13. The van der Waals surface area contributed by atoms with Crippen LogP contribution in [0.4, 0.5) is 0 Å². The molecule has 1 heterocycles. The largest absolute Gasteiger partial charge is 0.394 e. The normalized spacial score (nSPS) is 30.6. The van der Waals surface area contributed by atoms with Gasteiger partial charge in [-0.05, 0) is 45.2 Å². The van der Waals surface area contributed by atoms with Gasteiger partial charge in [-0.1, -0.05) is 0 Å². The van der Waals surface area contributed by atoms with E-state index in [1.807, 2.05) is 13.2 Å². The Labute approximate surface area is 96.7 Å². The highest BCUT2D eigenvalue weighted by Crippen LogP contribution is 2.34. The second-order valence-corrected chi connectivity index (χ2v) is 4.94. The Morgan fingerprint density at radius 1 is 1.69 bits per heavy atom. The highest BCUT2D eigenvalue weighted by atomic mass is 16.3. The van der Waals surface area contributed by atoms with Crippen LogP contribution in [-0.4, -0.2) is 34.1 Å². The molecular formula is C12H21N3O. The van der Waals surface area contributed by atoms with Gasteiger partial charge in [-0.2, -0.15) is 5.10 Å². The Hall–Kier alpha value is -0.870. The summed E-state index contributed by atoms with van der Waals surface area (Å²) in [6.07, 6.45) is 8.30. The first kappa shape index (κ1) is 11.6. The van der Waals surface area contributed by atoms with Crippen LogP contribution < -0.4 is 5.32 Å². The Balaban J connectivity index is 2.12. The lowest BCUT2D eigenvalue weighted by Crippen LogP contribution is -2.50. The van der Waals surface area contributed by atoms with E-state index in [-0.39, 0.29) is 12.1 Å². The van der Waals surface area contributed by atoms with Crippen LogP contribution in [0.2, 0.25) is 0 Å². The Morgan fingerprint density at radius 3 is 3.06 bits per heavy atom. The van der Waals surface area contributed by atoms with Crippen molar-refractivity contribution in [1.82, 2.24) is 15.1 Å². The van der Waals surface area contributed by atoms with Gasteiger partial charge in [-0.3, -0.25) is 4.68 Å². The number of rotatable bonds is 3. The van der Waals surface area contributed by atoms with Crippen molar-refractivity contribution < 1.29 is 5.11 Å². The van der Waals surface area contributed by atoms with Gasteiger partial charge in [-0.25, -0.2) is 0 Å². The van der Waals surface area contributed by atoms with Gasteiger partial charge in [-0.15, -0.1) is 0 Å². The fourth-order valence-corrected chi connectivity index (χ4v) is 2.64. The smallest absolute Gasteiger partial charge is 0.0614 e. The second-order valence-electron chi connectivity index (χ2n) is 4.94. The molecule has 2 N–H and O–H groups in total. The maximum Gasteiger partial charge on any atom is 0.0614 e. The topological polar surface area (TPSA) is 50.1 Å². The van der Waals surface area contributed by atoms with E-state index in [1.54, 1.807) is 0 Å². The summed E-state index contributed by atoms with van der Waals surface area (Å²) in [6, 6.07) is 0.419. The van der Waals surface area contributed by atoms with E-state index in [0.717, 1.165) is 25.7 Å². The van der Waals surface area contributed by atoms with Gasteiger partial charge in [0.15, 0.2) is 0 Å². The monoisotopic (exact) mass is 223 g/mol. The van der Waals surface area contributed by atoms with Crippen LogP contribution in [0.25, 0.3) is 0 Å². The third-order valence-electron chi connectivity index (χ3n) is 3.76. The number of nitrogens with one attached hydrogen (secondary N) is 1. The number of nitrogens with zero attached hydrogens (tertiary/aromatic N) is 2. The second kappa shape index (κ2) is 4.55. The average Bonchev–Trinajstić information content (AvgIpc) is 2.76. The molecule has 1 saturated carbocycles. The molecule has 1 aromatic heterocycles. The van der Waals surface area contributed by atoms with Crippen molar-refractivity contribution in [2.75, 3.05) is 13.7 Å². The number of aryl methyl sites for hydroxylation is 1. The molecule has 2 unspecified atom stereocenters. The first-order valence-corrected chi connectivity index (χ1v) is 6.00. The lowest BCUT2D eigenvalue weighted by Gasteiger charge is -2.39. The highest BCUT2D eigenvalue weighted by Gasteiger charge is 2.35. The van der Waals surface area contributed by atoms with Crippen LogP contribution in [0.15, 0.2) is 12.4 Å². The van der Waals surface area contributed by atoms with E-state index < -0.39 is 0 Å². The molecule has 1 aromatic rings. The first-order chi connectivity index (χ1) is 7.69. The van der Waals surface area contributed by atoms with Gasteiger partial charge in [0, 0.05) is 11.7 Å². The quantitative estimate of drug-likeness (QED) is 0.811. The molecule has 0 aliphatic heterocycles. The van der Waals surface area contributed by atoms with Crippen LogP contribution >= 0.6 is 0 Å². The van der Waals surface area contributed by atoms with E-state index >= 15 is 0 Å². The number of aromatic nitrogens is 2. The van der Waals surface area contributed by atoms with Crippen molar-refractivity contribution in [1.29, 1.82) is 0 Å². The van der Waals surface area contributed by atoms with Crippen LogP contribution in [0, 0.1) is 6.92 Å². The summed E-state index contributed by atoms with van der Waals surface area (Å²) < 4.78 is 2.05. The number of hydrogen-bond donors (Lipinski definition) is 2. The van der Waals surface area contributed by atoms with Crippen molar-refractivity contribution in [3.63, 3.8) is 0 Å². The van der Waals surface area contributed by atoms with E-state index in [4.69, 9.17) is 0 Å². The van der Waals surface area contributed by atoms with Crippen molar-refractivity contribution in [2.45, 2.75) is 44.2 Å². The molecule has 2 atom stereocenters. The average molecular weight is 223 g/mol. The number of aliphatic hydroxyl groups excluding tert-OH is 1. The Morgan fingerprint density at radius 2 is 2.50 bits per heavy atom. The molecule has 0 aromatic carbocycles. The molecule has 90 valence electrons. The minimum absolute atomic E-state index is 0.108. The zero-order valence-corrected chi connectivity index (χ0v) is 10.1.